The van der Waals surface area contributed by atoms with Gasteiger partial charge >= 0.3 is 26.2 Å². The number of allylic oxidation sites excluding steroid dienone is 5. The number of benzene rings is 1. The predicted molar refractivity (Wildman–Crippen MR) is 72.7 cm³/mol. The van der Waals surface area contributed by atoms with Gasteiger partial charge in [-0.3, -0.25) is 0 Å². The van der Waals surface area contributed by atoms with E-state index in [-0.39, 0.29) is 51.0 Å². The number of hydrogen-bond acceptors (Lipinski definition) is 0. The molecule has 0 unspecified atom stereocenters. The van der Waals surface area contributed by atoms with Crippen LogP contribution in [0.4, 0.5) is 0 Å². The Morgan fingerprint density at radius 2 is 1.85 bits per heavy atom. The third-order valence-corrected chi connectivity index (χ3v) is 2.69. The second-order valence-corrected chi connectivity index (χ2v) is 4.07. The Hall–Kier alpha value is -0.557. The molecule has 1 aliphatic rings. The molecule has 0 bridgehead atoms. The van der Waals surface area contributed by atoms with Crippen molar-refractivity contribution in [2.45, 2.75) is 13.8 Å². The number of halogens is 2. The molecule has 0 fully saturated rings. The molecule has 1 nitrogen and oxygen atoms in total. The zero-order chi connectivity index (χ0) is 12.3. The summed E-state index contributed by atoms with van der Waals surface area (Å²) in [6.45, 7) is 7.82. The van der Waals surface area contributed by atoms with E-state index in [1.807, 2.05) is 18.2 Å². The van der Waals surface area contributed by atoms with Crippen LogP contribution in [0.25, 0.3) is 10.9 Å². The van der Waals surface area contributed by atoms with Crippen LogP contribution in [0.2, 0.25) is 0 Å². The number of hydrogen-bond donors (Lipinski definition) is 1. The standard InChI is InChI=1S/C10H10N.C6H5.2ClH.Zr/c1-7-4-3-5-9-10(7)8(2)6-11-9;1-6-4-2-3-5-6;;;/h3-5,11H,1-2H3;2-4H,1H2;2*1H;/q2*-1;;;+4/p-2. The van der Waals surface area contributed by atoms with Crippen LogP contribution in [-0.4, -0.2) is 4.98 Å². The van der Waals surface area contributed by atoms with E-state index in [1.165, 1.54) is 22.0 Å². The third kappa shape index (κ3) is 5.44. The van der Waals surface area contributed by atoms with Gasteiger partial charge < -0.3 is 29.8 Å². The quantitative estimate of drug-likeness (QED) is 0.510. The molecule has 1 heterocycles. The van der Waals surface area contributed by atoms with E-state index in [1.54, 1.807) is 0 Å². The van der Waals surface area contributed by atoms with Gasteiger partial charge in [-0.25, -0.2) is 0 Å². The van der Waals surface area contributed by atoms with E-state index in [2.05, 4.69) is 55.9 Å². The number of aryl methyl sites for hydroxylation is 2. The molecule has 102 valence electrons. The van der Waals surface area contributed by atoms with Crippen molar-refractivity contribution in [3.8, 4) is 0 Å². The molecule has 20 heavy (non-hydrogen) atoms. The van der Waals surface area contributed by atoms with Crippen molar-refractivity contribution in [2.75, 3.05) is 0 Å². The summed E-state index contributed by atoms with van der Waals surface area (Å²) < 4.78 is 0. The van der Waals surface area contributed by atoms with Crippen LogP contribution in [0.15, 0.2) is 48.6 Å². The Kier molecular flexibility index (Phi) is 11.1. The molecule has 0 saturated heterocycles. The number of H-pyrrole nitrogens is 1. The number of nitrogens with one attached hydrogen (secondary N) is 1. The molecule has 4 heteroatoms. The minimum Gasteiger partial charge on any atom is -1.00 e. The summed E-state index contributed by atoms with van der Waals surface area (Å²) in [5.41, 5.74) is 4.67. The molecule has 0 radical (unpaired) electrons. The summed E-state index contributed by atoms with van der Waals surface area (Å²) in [7, 11) is 0. The van der Waals surface area contributed by atoms with Gasteiger partial charge in [0, 0.05) is 0 Å². The number of rotatable bonds is 0. The van der Waals surface area contributed by atoms with Gasteiger partial charge in [0.15, 0.2) is 0 Å². The Morgan fingerprint density at radius 1 is 1.15 bits per heavy atom. The molecule has 0 spiro atoms. The Morgan fingerprint density at radius 3 is 2.30 bits per heavy atom. The van der Waals surface area contributed by atoms with Crippen molar-refractivity contribution in [3.63, 3.8) is 0 Å². The van der Waals surface area contributed by atoms with Gasteiger partial charge in [-0.2, -0.15) is 35.9 Å². The SMILES string of the molecule is C=C1[C-]=CC=C1.Cc1[c-][nH]c2cccc(C)c12.[Cl-].[Cl-].[Zr+4]. The van der Waals surface area contributed by atoms with E-state index in [4.69, 9.17) is 0 Å². The first-order valence-electron chi connectivity index (χ1n) is 5.59. The summed E-state index contributed by atoms with van der Waals surface area (Å²) in [6, 6.07) is 6.25. The molecule has 1 aliphatic carbocycles. The summed E-state index contributed by atoms with van der Waals surface area (Å²) in [5, 5.41) is 1.31. The Labute approximate surface area is 152 Å². The molecule has 0 amide bonds. The fourth-order valence-corrected chi connectivity index (χ4v) is 1.86. The first-order valence-corrected chi connectivity index (χ1v) is 5.59. The van der Waals surface area contributed by atoms with Crippen LogP contribution in [0, 0.1) is 26.1 Å². The minimum absolute atomic E-state index is 0. The molecular formula is C16H15Cl2NZr. The van der Waals surface area contributed by atoms with Crippen LogP contribution >= 0.6 is 0 Å². The largest absolute Gasteiger partial charge is 4.00 e. The van der Waals surface area contributed by atoms with E-state index < -0.39 is 0 Å². The summed E-state index contributed by atoms with van der Waals surface area (Å²) in [4.78, 5) is 3.10. The van der Waals surface area contributed by atoms with Crippen LogP contribution < -0.4 is 24.8 Å². The average Bonchev–Trinajstić information content (AvgIpc) is 2.90. The summed E-state index contributed by atoms with van der Waals surface area (Å²) in [5.74, 6) is 0. The van der Waals surface area contributed by atoms with Crippen molar-refractivity contribution < 1.29 is 51.0 Å². The maximum atomic E-state index is 3.62. The Bertz CT molecular complexity index is 598. The fraction of sp³-hybridized carbons (Fsp3) is 0.125. The molecule has 1 aromatic carbocycles. The Balaban J connectivity index is 0. The van der Waals surface area contributed by atoms with Crippen molar-refractivity contribution in [1.82, 2.24) is 4.98 Å². The van der Waals surface area contributed by atoms with Crippen molar-refractivity contribution in [2.24, 2.45) is 0 Å². The van der Waals surface area contributed by atoms with Gasteiger partial charge in [-0.05, 0) is 0 Å². The predicted octanol–water partition coefficient (Wildman–Crippen LogP) is -1.94. The first kappa shape index (κ1) is 21.7. The zero-order valence-corrected chi connectivity index (χ0v) is 15.4. The smallest absolute Gasteiger partial charge is 1.00 e. The fourth-order valence-electron chi connectivity index (χ4n) is 1.86. The zero-order valence-electron chi connectivity index (χ0n) is 11.4. The van der Waals surface area contributed by atoms with Gasteiger partial charge in [0.1, 0.15) is 0 Å². The molecule has 2 aromatic rings. The maximum absolute atomic E-state index is 3.62. The van der Waals surface area contributed by atoms with Gasteiger partial charge in [0.25, 0.3) is 0 Å². The molecule has 0 atom stereocenters. The van der Waals surface area contributed by atoms with E-state index in [0.717, 1.165) is 5.57 Å². The minimum atomic E-state index is 0. The molecule has 3 rings (SSSR count). The summed E-state index contributed by atoms with van der Waals surface area (Å²) >= 11 is 0. The van der Waals surface area contributed by atoms with E-state index in [0.29, 0.717) is 0 Å². The molecular weight excluding hydrogens is 368 g/mol. The molecule has 0 saturated carbocycles. The van der Waals surface area contributed by atoms with Crippen LogP contribution in [0.1, 0.15) is 11.1 Å². The third-order valence-electron chi connectivity index (χ3n) is 2.69. The van der Waals surface area contributed by atoms with Crippen molar-refractivity contribution in [3.05, 3.63) is 72.0 Å². The molecule has 0 aliphatic heterocycles. The van der Waals surface area contributed by atoms with E-state index in [9.17, 15) is 0 Å². The number of aromatic nitrogens is 1. The first-order chi connectivity index (χ1) is 8.18. The summed E-state index contributed by atoms with van der Waals surface area (Å²) in [6.07, 6.45) is 11.7. The number of aromatic amines is 1. The van der Waals surface area contributed by atoms with E-state index >= 15 is 0 Å². The van der Waals surface area contributed by atoms with Gasteiger partial charge in [0.2, 0.25) is 0 Å². The number of fused-ring (bicyclic) bond motifs is 1. The van der Waals surface area contributed by atoms with Gasteiger partial charge in [0.05, 0.1) is 0 Å². The maximum Gasteiger partial charge on any atom is 4.00 e. The molecule has 1 N–H and O–H groups in total. The van der Waals surface area contributed by atoms with Crippen LogP contribution in [0.3, 0.4) is 0 Å². The average molecular weight is 383 g/mol. The monoisotopic (exact) mass is 381 g/mol. The second kappa shape index (κ2) is 10.2. The van der Waals surface area contributed by atoms with Crippen molar-refractivity contribution in [1.29, 1.82) is 0 Å². The normalized spacial score (nSPS) is 11.0. The second-order valence-electron chi connectivity index (χ2n) is 4.07. The topological polar surface area (TPSA) is 15.8 Å². The van der Waals surface area contributed by atoms with Gasteiger partial charge in [-0.1, -0.05) is 26.0 Å². The molecule has 1 aromatic heterocycles. The van der Waals surface area contributed by atoms with Crippen LogP contribution in [0.5, 0.6) is 0 Å². The van der Waals surface area contributed by atoms with Crippen molar-refractivity contribution >= 4 is 10.9 Å². The van der Waals surface area contributed by atoms with Crippen LogP contribution in [-0.2, 0) is 26.2 Å². The van der Waals surface area contributed by atoms with Gasteiger partial charge in [-0.15, -0.1) is 34.8 Å².